The molecule has 1 saturated heterocycles. The molecule has 1 aromatic carbocycles. The van der Waals surface area contributed by atoms with Gasteiger partial charge in [0.05, 0.1) is 12.8 Å². The van der Waals surface area contributed by atoms with Crippen LogP contribution in [0.2, 0.25) is 0 Å². The minimum atomic E-state index is 0.129. The third kappa shape index (κ3) is 3.33. The second-order valence-corrected chi connectivity index (χ2v) is 7.73. The number of aromatic nitrogens is 2. The number of rotatable bonds is 4. The fourth-order valence-corrected chi connectivity index (χ4v) is 4.54. The maximum absolute atomic E-state index is 13.0. The van der Waals surface area contributed by atoms with Gasteiger partial charge < -0.3 is 14.5 Å². The molecule has 0 N–H and O–H groups in total. The molecule has 1 aliphatic rings. The van der Waals surface area contributed by atoms with Crippen LogP contribution >= 0.6 is 11.3 Å². The molecule has 0 saturated carbocycles. The topological polar surface area (TPSA) is 50.1 Å². The van der Waals surface area contributed by atoms with Crippen molar-refractivity contribution in [3.63, 3.8) is 0 Å². The number of hydrogen-bond donors (Lipinski definition) is 0. The van der Waals surface area contributed by atoms with Gasteiger partial charge in [-0.2, -0.15) is 0 Å². The molecule has 0 atom stereocenters. The van der Waals surface area contributed by atoms with Gasteiger partial charge in [-0.15, -0.1) is 0 Å². The van der Waals surface area contributed by atoms with Gasteiger partial charge in [-0.25, -0.2) is 4.98 Å². The molecule has 6 nitrogen and oxygen atoms in total. The number of fused-ring (bicyclic) bond motifs is 1. The Morgan fingerprint density at radius 2 is 1.89 bits per heavy atom. The second-order valence-electron chi connectivity index (χ2n) is 6.75. The molecule has 27 heavy (non-hydrogen) atoms. The van der Waals surface area contributed by atoms with Gasteiger partial charge in [0.15, 0.2) is 4.96 Å². The second kappa shape index (κ2) is 7.32. The molecule has 7 heteroatoms. The minimum Gasteiger partial charge on any atom is -0.497 e. The molecule has 0 unspecified atom stereocenters. The van der Waals surface area contributed by atoms with E-state index in [4.69, 9.17) is 9.72 Å². The van der Waals surface area contributed by atoms with Crippen molar-refractivity contribution in [3.05, 3.63) is 41.0 Å². The third-order valence-corrected chi connectivity index (χ3v) is 6.39. The van der Waals surface area contributed by atoms with Crippen LogP contribution in [0.4, 0.5) is 0 Å². The molecule has 0 spiro atoms. The number of thiazole rings is 1. The highest BCUT2D eigenvalue weighted by Crippen LogP contribution is 2.29. The summed E-state index contributed by atoms with van der Waals surface area (Å²) >= 11 is 1.48. The van der Waals surface area contributed by atoms with E-state index >= 15 is 0 Å². The Labute approximate surface area is 163 Å². The van der Waals surface area contributed by atoms with Gasteiger partial charge in [0, 0.05) is 43.6 Å². The quantitative estimate of drug-likeness (QED) is 0.693. The van der Waals surface area contributed by atoms with Gasteiger partial charge in [-0.1, -0.05) is 18.3 Å². The first-order valence-electron chi connectivity index (χ1n) is 9.25. The van der Waals surface area contributed by atoms with Crippen molar-refractivity contribution in [1.29, 1.82) is 0 Å². The number of aryl methyl sites for hydroxylation is 1. The van der Waals surface area contributed by atoms with E-state index in [-0.39, 0.29) is 5.91 Å². The van der Waals surface area contributed by atoms with E-state index in [9.17, 15) is 4.79 Å². The van der Waals surface area contributed by atoms with Crippen LogP contribution in [-0.4, -0.2) is 64.9 Å². The Kier molecular flexibility index (Phi) is 4.88. The summed E-state index contributed by atoms with van der Waals surface area (Å²) in [5.41, 5.74) is 2.91. The first-order chi connectivity index (χ1) is 13.1. The number of likely N-dealkylation sites (N-methyl/N-ethyl adjacent to an activating group) is 1. The molecule has 142 valence electrons. The summed E-state index contributed by atoms with van der Waals surface area (Å²) in [4.78, 5) is 23.7. The largest absolute Gasteiger partial charge is 0.497 e. The average Bonchev–Trinajstić information content (AvgIpc) is 3.27. The fourth-order valence-electron chi connectivity index (χ4n) is 3.46. The molecule has 3 aromatic rings. The van der Waals surface area contributed by atoms with Gasteiger partial charge in [0.1, 0.15) is 10.6 Å². The van der Waals surface area contributed by atoms with Crippen LogP contribution in [0, 0.1) is 6.92 Å². The number of hydrogen-bond acceptors (Lipinski definition) is 5. The summed E-state index contributed by atoms with van der Waals surface area (Å²) in [6.45, 7) is 8.69. The Morgan fingerprint density at radius 3 is 2.48 bits per heavy atom. The minimum absolute atomic E-state index is 0.129. The first-order valence-corrected chi connectivity index (χ1v) is 10.1. The standard InChI is InChI=1S/C20H24N4O2S/c1-4-22-9-11-23(12-10-22)19(25)18-14(2)24-13-17(21-20(24)27-18)15-5-7-16(26-3)8-6-15/h5-8,13H,4,9-12H2,1-3H3. The van der Waals surface area contributed by atoms with Gasteiger partial charge in [-0.3, -0.25) is 9.20 Å². The van der Waals surface area contributed by atoms with E-state index in [1.807, 2.05) is 46.7 Å². The van der Waals surface area contributed by atoms with Crippen LogP contribution in [0.15, 0.2) is 30.5 Å². The zero-order chi connectivity index (χ0) is 19.0. The molecule has 1 aliphatic heterocycles. The van der Waals surface area contributed by atoms with Crippen molar-refractivity contribution in [2.45, 2.75) is 13.8 Å². The summed E-state index contributed by atoms with van der Waals surface area (Å²) in [6, 6.07) is 7.86. The highest BCUT2D eigenvalue weighted by atomic mass is 32.1. The smallest absolute Gasteiger partial charge is 0.265 e. The molecule has 0 bridgehead atoms. The number of carbonyl (C=O) groups excluding carboxylic acids is 1. The SMILES string of the molecule is CCN1CCN(C(=O)c2sc3nc(-c4ccc(OC)cc4)cn3c2C)CC1. The lowest BCUT2D eigenvalue weighted by Crippen LogP contribution is -2.48. The predicted molar refractivity (Wildman–Crippen MR) is 108 cm³/mol. The van der Waals surface area contributed by atoms with Gasteiger partial charge in [0.2, 0.25) is 0 Å². The molecular weight excluding hydrogens is 360 g/mol. The Bertz CT molecular complexity index is 952. The maximum Gasteiger partial charge on any atom is 0.265 e. The van der Waals surface area contributed by atoms with Crippen LogP contribution in [0.5, 0.6) is 5.75 Å². The van der Waals surface area contributed by atoms with Crippen LogP contribution in [0.3, 0.4) is 0 Å². The number of methoxy groups -OCH3 is 1. The van der Waals surface area contributed by atoms with E-state index in [2.05, 4.69) is 11.8 Å². The highest BCUT2D eigenvalue weighted by molar-refractivity contribution is 7.19. The highest BCUT2D eigenvalue weighted by Gasteiger charge is 2.25. The van der Waals surface area contributed by atoms with E-state index in [0.717, 1.165) is 65.3 Å². The van der Waals surface area contributed by atoms with Crippen LogP contribution in [-0.2, 0) is 0 Å². The molecule has 3 heterocycles. The third-order valence-electron chi connectivity index (χ3n) is 5.24. The summed E-state index contributed by atoms with van der Waals surface area (Å²) < 4.78 is 7.24. The summed E-state index contributed by atoms with van der Waals surface area (Å²) in [6.07, 6.45) is 2.01. The number of ether oxygens (including phenoxy) is 1. The molecule has 0 radical (unpaired) electrons. The molecule has 1 amide bonds. The van der Waals surface area contributed by atoms with Crippen molar-refractivity contribution in [1.82, 2.24) is 19.2 Å². The summed E-state index contributed by atoms with van der Waals surface area (Å²) in [7, 11) is 1.66. The Morgan fingerprint density at radius 1 is 1.19 bits per heavy atom. The van der Waals surface area contributed by atoms with Crippen molar-refractivity contribution in [2.24, 2.45) is 0 Å². The Hall–Kier alpha value is -2.38. The van der Waals surface area contributed by atoms with Crippen molar-refractivity contribution in [3.8, 4) is 17.0 Å². The number of carbonyl (C=O) groups is 1. The van der Waals surface area contributed by atoms with E-state index < -0.39 is 0 Å². The maximum atomic E-state index is 13.0. The van der Waals surface area contributed by atoms with Gasteiger partial charge >= 0.3 is 0 Å². The lowest BCUT2D eigenvalue weighted by atomic mass is 10.2. The van der Waals surface area contributed by atoms with Gasteiger partial charge in [0.25, 0.3) is 5.91 Å². The van der Waals surface area contributed by atoms with E-state index in [1.165, 1.54) is 11.3 Å². The van der Waals surface area contributed by atoms with Crippen molar-refractivity contribution >= 4 is 22.2 Å². The zero-order valence-corrected chi connectivity index (χ0v) is 16.8. The van der Waals surface area contributed by atoms with Crippen LogP contribution in [0.1, 0.15) is 22.3 Å². The van der Waals surface area contributed by atoms with Crippen molar-refractivity contribution < 1.29 is 9.53 Å². The molecule has 2 aromatic heterocycles. The molecular formula is C20H24N4O2S. The fraction of sp³-hybridized carbons (Fsp3) is 0.400. The number of imidazole rings is 1. The predicted octanol–water partition coefficient (Wildman–Crippen LogP) is 3.16. The number of amides is 1. The number of benzene rings is 1. The lowest BCUT2D eigenvalue weighted by Gasteiger charge is -2.33. The average molecular weight is 385 g/mol. The van der Waals surface area contributed by atoms with E-state index in [0.29, 0.717) is 0 Å². The molecule has 0 aliphatic carbocycles. The molecule has 4 rings (SSSR count). The molecule has 1 fully saturated rings. The van der Waals surface area contributed by atoms with Crippen LogP contribution < -0.4 is 4.74 Å². The van der Waals surface area contributed by atoms with Gasteiger partial charge in [-0.05, 0) is 37.7 Å². The zero-order valence-electron chi connectivity index (χ0n) is 15.9. The normalized spacial score (nSPS) is 15.4. The Balaban J connectivity index is 1.58. The first kappa shape index (κ1) is 18.0. The summed E-state index contributed by atoms with van der Waals surface area (Å²) in [5, 5.41) is 0. The monoisotopic (exact) mass is 384 g/mol. The number of piperazine rings is 1. The lowest BCUT2D eigenvalue weighted by molar-refractivity contribution is 0.0647. The van der Waals surface area contributed by atoms with Crippen LogP contribution in [0.25, 0.3) is 16.2 Å². The summed E-state index contributed by atoms with van der Waals surface area (Å²) in [5.74, 6) is 0.955. The van der Waals surface area contributed by atoms with Crippen molar-refractivity contribution in [2.75, 3.05) is 39.8 Å². The van der Waals surface area contributed by atoms with E-state index in [1.54, 1.807) is 7.11 Å². The number of nitrogens with zero attached hydrogens (tertiary/aromatic N) is 4.